The molecule has 0 aromatic rings. The van der Waals surface area contributed by atoms with Gasteiger partial charge in [0.05, 0.1) is 12.6 Å². The van der Waals surface area contributed by atoms with Crippen molar-refractivity contribution in [2.75, 3.05) is 13.2 Å². The van der Waals surface area contributed by atoms with Gasteiger partial charge >= 0.3 is 0 Å². The Balaban J connectivity index is 2.03. The quantitative estimate of drug-likeness (QED) is 0.798. The highest BCUT2D eigenvalue weighted by molar-refractivity contribution is 5.79. The fourth-order valence-electron chi connectivity index (χ4n) is 3.67. The highest BCUT2D eigenvalue weighted by atomic mass is 16.3. The third-order valence-electron chi connectivity index (χ3n) is 4.90. The topological polar surface area (TPSA) is 66.6 Å². The molecule has 1 heterocycles. The molecule has 2 aliphatic rings. The largest absolute Gasteiger partial charge is 0.394 e. The number of likely N-dealkylation sites (tertiary alicyclic amines) is 1. The minimum Gasteiger partial charge on any atom is -0.394 e. The molecule has 3 N–H and O–H groups in total. The Morgan fingerprint density at radius 1 is 1.26 bits per heavy atom. The predicted octanol–water partition coefficient (Wildman–Crippen LogP) is 1.51. The lowest BCUT2D eigenvalue weighted by molar-refractivity contribution is -0.141. The zero-order valence-electron chi connectivity index (χ0n) is 12.1. The summed E-state index contributed by atoms with van der Waals surface area (Å²) in [6, 6.07) is 0.301. The monoisotopic (exact) mass is 268 g/mol. The Kier molecular flexibility index (Phi) is 5.22. The van der Waals surface area contributed by atoms with Gasteiger partial charge in [0.1, 0.15) is 0 Å². The van der Waals surface area contributed by atoms with Crippen LogP contribution in [0.25, 0.3) is 0 Å². The molecule has 1 saturated carbocycles. The van der Waals surface area contributed by atoms with Crippen LogP contribution in [0.15, 0.2) is 0 Å². The van der Waals surface area contributed by atoms with Crippen molar-refractivity contribution in [2.45, 2.75) is 64.0 Å². The van der Waals surface area contributed by atoms with Gasteiger partial charge in [-0.15, -0.1) is 0 Å². The van der Waals surface area contributed by atoms with E-state index in [4.69, 9.17) is 5.73 Å². The Bertz CT molecular complexity index is 309. The average molecular weight is 268 g/mol. The van der Waals surface area contributed by atoms with Crippen LogP contribution in [0.3, 0.4) is 0 Å². The van der Waals surface area contributed by atoms with Crippen LogP contribution in [0.5, 0.6) is 0 Å². The third-order valence-corrected chi connectivity index (χ3v) is 4.90. The van der Waals surface area contributed by atoms with Crippen LogP contribution in [0.1, 0.15) is 51.9 Å². The summed E-state index contributed by atoms with van der Waals surface area (Å²) in [5, 5.41) is 9.53. The summed E-state index contributed by atoms with van der Waals surface area (Å²) in [6.45, 7) is 3.07. The smallest absolute Gasteiger partial charge is 0.226 e. The molecule has 1 aliphatic heterocycles. The summed E-state index contributed by atoms with van der Waals surface area (Å²) in [4.78, 5) is 14.7. The molecule has 0 aromatic heterocycles. The number of nitrogens with zero attached hydrogens (tertiary/aromatic N) is 1. The molecular formula is C15H28N2O2. The summed E-state index contributed by atoms with van der Waals surface area (Å²) < 4.78 is 0. The standard InChI is InChI=1S/C15H28N2O2/c1-11-9-12(16)6-7-14(11)15(19)17-8-4-2-3-5-13(17)10-18/h11-14,18H,2-10,16H2,1H3. The van der Waals surface area contributed by atoms with Crippen molar-refractivity contribution < 1.29 is 9.90 Å². The molecule has 1 amide bonds. The maximum absolute atomic E-state index is 12.8. The molecule has 0 bridgehead atoms. The SMILES string of the molecule is CC1CC(N)CCC1C(=O)N1CCCCCC1CO. The van der Waals surface area contributed by atoms with E-state index in [-0.39, 0.29) is 30.5 Å². The average Bonchev–Trinajstić information content (AvgIpc) is 2.63. The molecule has 4 nitrogen and oxygen atoms in total. The number of nitrogens with two attached hydrogens (primary N) is 1. The van der Waals surface area contributed by atoms with Crippen LogP contribution in [0.4, 0.5) is 0 Å². The van der Waals surface area contributed by atoms with Gasteiger partial charge in [-0.2, -0.15) is 0 Å². The van der Waals surface area contributed by atoms with Gasteiger partial charge < -0.3 is 15.7 Å². The van der Waals surface area contributed by atoms with Crippen LogP contribution < -0.4 is 5.73 Å². The summed E-state index contributed by atoms with van der Waals surface area (Å²) in [5.74, 6) is 0.756. The van der Waals surface area contributed by atoms with Gasteiger partial charge in [-0.25, -0.2) is 0 Å². The van der Waals surface area contributed by atoms with Gasteiger partial charge in [-0.05, 0) is 38.0 Å². The fourth-order valence-corrected chi connectivity index (χ4v) is 3.67. The minimum atomic E-state index is 0.0396. The highest BCUT2D eigenvalue weighted by Crippen LogP contribution is 2.32. The summed E-state index contributed by atoms with van der Waals surface area (Å²) in [5.41, 5.74) is 5.98. The minimum absolute atomic E-state index is 0.0396. The number of carbonyl (C=O) groups excluding carboxylic acids is 1. The summed E-state index contributed by atoms with van der Waals surface area (Å²) in [6.07, 6.45) is 7.14. The van der Waals surface area contributed by atoms with E-state index in [0.29, 0.717) is 5.92 Å². The Hall–Kier alpha value is -0.610. The Labute approximate surface area is 116 Å². The first-order valence-electron chi connectivity index (χ1n) is 7.80. The van der Waals surface area contributed by atoms with E-state index >= 15 is 0 Å². The van der Waals surface area contributed by atoms with E-state index in [2.05, 4.69) is 6.92 Å². The van der Waals surface area contributed by atoms with E-state index < -0.39 is 0 Å². The van der Waals surface area contributed by atoms with Gasteiger partial charge in [0.25, 0.3) is 0 Å². The first kappa shape index (κ1) is 14.8. The van der Waals surface area contributed by atoms with Crippen LogP contribution >= 0.6 is 0 Å². The second kappa shape index (κ2) is 6.71. The normalized spacial score (nSPS) is 36.9. The molecule has 1 aliphatic carbocycles. The lowest BCUT2D eigenvalue weighted by Crippen LogP contribution is -2.48. The summed E-state index contributed by atoms with van der Waals surface area (Å²) in [7, 11) is 0. The molecule has 19 heavy (non-hydrogen) atoms. The lowest BCUT2D eigenvalue weighted by Gasteiger charge is -2.37. The maximum Gasteiger partial charge on any atom is 0.226 e. The number of rotatable bonds is 2. The van der Waals surface area contributed by atoms with Crippen molar-refractivity contribution in [3.8, 4) is 0 Å². The number of aliphatic hydroxyl groups is 1. The van der Waals surface area contributed by atoms with Crippen LogP contribution in [-0.2, 0) is 4.79 Å². The van der Waals surface area contributed by atoms with E-state index in [9.17, 15) is 9.90 Å². The van der Waals surface area contributed by atoms with Crippen molar-refractivity contribution in [3.63, 3.8) is 0 Å². The molecule has 4 heteroatoms. The first-order valence-corrected chi connectivity index (χ1v) is 7.80. The molecule has 4 atom stereocenters. The molecule has 0 radical (unpaired) electrons. The number of carbonyl (C=O) groups is 1. The van der Waals surface area contributed by atoms with Crippen LogP contribution in [0.2, 0.25) is 0 Å². The molecule has 110 valence electrons. The van der Waals surface area contributed by atoms with Gasteiger partial charge in [-0.1, -0.05) is 19.8 Å². The molecule has 0 spiro atoms. The first-order chi connectivity index (χ1) is 9.13. The van der Waals surface area contributed by atoms with E-state index in [0.717, 1.165) is 45.1 Å². The predicted molar refractivity (Wildman–Crippen MR) is 75.5 cm³/mol. The zero-order valence-corrected chi connectivity index (χ0v) is 12.1. The van der Waals surface area contributed by atoms with Crippen molar-refractivity contribution >= 4 is 5.91 Å². The van der Waals surface area contributed by atoms with Crippen molar-refractivity contribution in [1.82, 2.24) is 4.90 Å². The van der Waals surface area contributed by atoms with E-state index in [1.54, 1.807) is 0 Å². The maximum atomic E-state index is 12.8. The second-order valence-electron chi connectivity index (χ2n) is 6.37. The van der Waals surface area contributed by atoms with Crippen molar-refractivity contribution in [2.24, 2.45) is 17.6 Å². The molecule has 2 rings (SSSR count). The zero-order chi connectivity index (χ0) is 13.8. The number of hydrogen-bond donors (Lipinski definition) is 2. The van der Waals surface area contributed by atoms with Crippen molar-refractivity contribution in [1.29, 1.82) is 0 Å². The van der Waals surface area contributed by atoms with Gasteiger partial charge in [0.15, 0.2) is 0 Å². The van der Waals surface area contributed by atoms with Gasteiger partial charge in [-0.3, -0.25) is 4.79 Å². The summed E-state index contributed by atoms with van der Waals surface area (Å²) >= 11 is 0. The molecule has 1 saturated heterocycles. The fraction of sp³-hybridized carbons (Fsp3) is 0.933. The van der Waals surface area contributed by atoms with Gasteiger partial charge in [0, 0.05) is 18.5 Å². The van der Waals surface area contributed by atoms with Crippen molar-refractivity contribution in [3.05, 3.63) is 0 Å². The number of amides is 1. The third kappa shape index (κ3) is 3.48. The van der Waals surface area contributed by atoms with E-state index in [1.807, 2.05) is 4.90 Å². The molecule has 0 aromatic carbocycles. The van der Waals surface area contributed by atoms with Gasteiger partial charge in [0.2, 0.25) is 5.91 Å². The Morgan fingerprint density at radius 3 is 2.74 bits per heavy atom. The molecular weight excluding hydrogens is 240 g/mol. The highest BCUT2D eigenvalue weighted by Gasteiger charge is 2.36. The van der Waals surface area contributed by atoms with E-state index in [1.165, 1.54) is 6.42 Å². The number of hydrogen-bond acceptors (Lipinski definition) is 3. The Morgan fingerprint density at radius 2 is 2.05 bits per heavy atom. The van der Waals surface area contributed by atoms with Crippen LogP contribution in [0, 0.1) is 11.8 Å². The van der Waals surface area contributed by atoms with Crippen LogP contribution in [-0.4, -0.2) is 41.1 Å². The molecule has 4 unspecified atom stereocenters. The second-order valence-corrected chi connectivity index (χ2v) is 6.37. The number of aliphatic hydroxyl groups excluding tert-OH is 1. The molecule has 2 fully saturated rings. The lowest BCUT2D eigenvalue weighted by atomic mass is 9.77.